The number of aromatic nitrogens is 2. The first kappa shape index (κ1) is 14.0. The Balaban J connectivity index is 2.23. The van der Waals surface area contributed by atoms with Gasteiger partial charge >= 0.3 is 5.97 Å². The van der Waals surface area contributed by atoms with Gasteiger partial charge in [0, 0.05) is 18.9 Å². The third kappa shape index (κ3) is 2.96. The Morgan fingerprint density at radius 2 is 2.20 bits per heavy atom. The molecular weight excluding hydrogens is 258 g/mol. The van der Waals surface area contributed by atoms with E-state index in [0.717, 1.165) is 6.42 Å². The van der Waals surface area contributed by atoms with Crippen molar-refractivity contribution in [3.05, 3.63) is 36.3 Å². The number of hydrogen-bond donors (Lipinski definition) is 0. The lowest BCUT2D eigenvalue weighted by atomic mass is 10.3. The van der Waals surface area contributed by atoms with E-state index in [0.29, 0.717) is 17.9 Å². The van der Waals surface area contributed by atoms with Crippen molar-refractivity contribution in [3.63, 3.8) is 0 Å². The number of carbonyl (C=O) groups is 2. The van der Waals surface area contributed by atoms with Gasteiger partial charge in [0.15, 0.2) is 0 Å². The van der Waals surface area contributed by atoms with Gasteiger partial charge in [-0.15, -0.1) is 0 Å². The fourth-order valence-electron chi connectivity index (χ4n) is 1.94. The molecule has 0 N–H and O–H groups in total. The van der Waals surface area contributed by atoms with E-state index >= 15 is 0 Å². The Morgan fingerprint density at radius 1 is 1.40 bits per heavy atom. The first-order valence-electron chi connectivity index (χ1n) is 6.45. The second kappa shape index (κ2) is 6.18. The zero-order valence-electron chi connectivity index (χ0n) is 11.6. The number of rotatable bonds is 5. The molecule has 20 heavy (non-hydrogen) atoms. The zero-order valence-corrected chi connectivity index (χ0v) is 11.6. The molecule has 0 aliphatic rings. The number of pyridine rings is 1. The maximum absolute atomic E-state index is 12.4. The molecule has 2 aromatic rings. The highest BCUT2D eigenvalue weighted by molar-refractivity contribution is 5.94. The largest absolute Gasteiger partial charge is 0.468 e. The number of fused-ring (bicyclic) bond motifs is 1. The lowest BCUT2D eigenvalue weighted by molar-refractivity contribution is -0.141. The van der Waals surface area contributed by atoms with Crippen LogP contribution in [0.25, 0.3) is 5.65 Å². The van der Waals surface area contributed by atoms with E-state index in [9.17, 15) is 9.59 Å². The van der Waals surface area contributed by atoms with Crippen molar-refractivity contribution in [3.8, 4) is 0 Å². The molecule has 0 atom stereocenters. The number of hydrogen-bond acceptors (Lipinski definition) is 4. The van der Waals surface area contributed by atoms with E-state index in [-0.39, 0.29) is 12.5 Å². The Hall–Kier alpha value is -2.37. The summed E-state index contributed by atoms with van der Waals surface area (Å²) >= 11 is 0. The van der Waals surface area contributed by atoms with Gasteiger partial charge in [-0.2, -0.15) is 0 Å². The molecule has 0 aliphatic carbocycles. The molecule has 0 saturated carbocycles. The maximum Gasteiger partial charge on any atom is 0.325 e. The van der Waals surface area contributed by atoms with Crippen molar-refractivity contribution in [1.82, 2.24) is 14.3 Å². The summed E-state index contributed by atoms with van der Waals surface area (Å²) in [5.74, 6) is -0.698. The summed E-state index contributed by atoms with van der Waals surface area (Å²) in [6, 6.07) is 5.54. The second-order valence-corrected chi connectivity index (χ2v) is 4.40. The van der Waals surface area contributed by atoms with Crippen LogP contribution in [-0.4, -0.2) is 46.4 Å². The van der Waals surface area contributed by atoms with Crippen LogP contribution in [0.1, 0.15) is 23.8 Å². The average Bonchev–Trinajstić information content (AvgIpc) is 2.89. The van der Waals surface area contributed by atoms with Crippen LogP contribution in [0.3, 0.4) is 0 Å². The first-order chi connectivity index (χ1) is 9.65. The third-order valence-corrected chi connectivity index (χ3v) is 2.91. The van der Waals surface area contributed by atoms with E-state index in [1.807, 2.05) is 31.3 Å². The summed E-state index contributed by atoms with van der Waals surface area (Å²) in [7, 11) is 1.31. The number of esters is 1. The highest BCUT2D eigenvalue weighted by Crippen LogP contribution is 2.08. The molecule has 0 bridgehead atoms. The normalized spacial score (nSPS) is 10.5. The average molecular weight is 275 g/mol. The predicted octanol–water partition coefficient (Wildman–Crippen LogP) is 1.36. The van der Waals surface area contributed by atoms with Crippen LogP contribution in [-0.2, 0) is 9.53 Å². The number of amides is 1. The highest BCUT2D eigenvalue weighted by Gasteiger charge is 2.20. The van der Waals surface area contributed by atoms with Crippen molar-refractivity contribution in [2.75, 3.05) is 20.2 Å². The summed E-state index contributed by atoms with van der Waals surface area (Å²) in [6.07, 6.45) is 4.25. The standard InChI is InChI=1S/C14H17N3O3/c1-3-7-17(10-13(18)20-2)14(19)11-9-16-8-5-4-6-12(16)15-11/h4-6,8-9H,3,7,10H2,1-2H3. The molecule has 0 unspecified atom stereocenters. The van der Waals surface area contributed by atoms with Crippen LogP contribution >= 0.6 is 0 Å². The minimum Gasteiger partial charge on any atom is -0.468 e. The molecule has 0 aromatic carbocycles. The van der Waals surface area contributed by atoms with E-state index in [1.165, 1.54) is 12.0 Å². The highest BCUT2D eigenvalue weighted by atomic mass is 16.5. The van der Waals surface area contributed by atoms with Crippen LogP contribution in [0.15, 0.2) is 30.6 Å². The molecule has 0 spiro atoms. The molecule has 0 radical (unpaired) electrons. The molecule has 2 aromatic heterocycles. The third-order valence-electron chi connectivity index (χ3n) is 2.91. The van der Waals surface area contributed by atoms with Gasteiger partial charge in [-0.3, -0.25) is 9.59 Å². The van der Waals surface area contributed by atoms with Crippen LogP contribution < -0.4 is 0 Å². The van der Waals surface area contributed by atoms with Crippen LogP contribution in [0, 0.1) is 0 Å². The molecule has 2 rings (SSSR count). The molecule has 0 fully saturated rings. The number of carbonyl (C=O) groups excluding carboxylic acids is 2. The Labute approximate surface area is 117 Å². The van der Waals surface area contributed by atoms with Crippen LogP contribution in [0.5, 0.6) is 0 Å². The predicted molar refractivity (Wildman–Crippen MR) is 73.4 cm³/mol. The van der Waals surface area contributed by atoms with E-state index < -0.39 is 5.97 Å². The second-order valence-electron chi connectivity index (χ2n) is 4.40. The van der Waals surface area contributed by atoms with Crippen molar-refractivity contribution >= 4 is 17.5 Å². The maximum atomic E-state index is 12.4. The van der Waals surface area contributed by atoms with E-state index in [2.05, 4.69) is 9.72 Å². The van der Waals surface area contributed by atoms with Gasteiger partial charge in [0.2, 0.25) is 0 Å². The van der Waals surface area contributed by atoms with Crippen LogP contribution in [0.4, 0.5) is 0 Å². The first-order valence-corrected chi connectivity index (χ1v) is 6.45. The number of ether oxygens (including phenoxy) is 1. The number of nitrogens with zero attached hydrogens (tertiary/aromatic N) is 3. The Bertz CT molecular complexity index is 588. The van der Waals surface area contributed by atoms with Crippen molar-refractivity contribution in [2.45, 2.75) is 13.3 Å². The molecule has 0 saturated heterocycles. The molecule has 106 valence electrons. The van der Waals surface area contributed by atoms with Gasteiger partial charge in [-0.05, 0) is 18.6 Å². The minimum atomic E-state index is -0.435. The molecular formula is C14H17N3O3. The summed E-state index contributed by atoms with van der Waals surface area (Å²) in [4.78, 5) is 29.5. The van der Waals surface area contributed by atoms with Gasteiger partial charge in [-0.1, -0.05) is 13.0 Å². The lowest BCUT2D eigenvalue weighted by Crippen LogP contribution is -2.37. The number of methoxy groups -OCH3 is 1. The van der Waals surface area contributed by atoms with Crippen molar-refractivity contribution in [2.24, 2.45) is 0 Å². The Morgan fingerprint density at radius 3 is 2.85 bits per heavy atom. The minimum absolute atomic E-state index is 0.0585. The number of imidazole rings is 1. The topological polar surface area (TPSA) is 63.9 Å². The van der Waals surface area contributed by atoms with Gasteiger partial charge < -0.3 is 14.0 Å². The summed E-state index contributed by atoms with van der Waals surface area (Å²) < 4.78 is 6.39. The van der Waals surface area contributed by atoms with Crippen molar-refractivity contribution < 1.29 is 14.3 Å². The molecule has 0 aliphatic heterocycles. The fourth-order valence-corrected chi connectivity index (χ4v) is 1.94. The van der Waals surface area contributed by atoms with Gasteiger partial charge in [0.05, 0.1) is 7.11 Å². The lowest BCUT2D eigenvalue weighted by Gasteiger charge is -2.19. The van der Waals surface area contributed by atoms with Gasteiger partial charge in [0.1, 0.15) is 17.9 Å². The smallest absolute Gasteiger partial charge is 0.325 e. The van der Waals surface area contributed by atoms with E-state index in [1.54, 1.807) is 10.6 Å². The molecule has 6 nitrogen and oxygen atoms in total. The Kier molecular flexibility index (Phi) is 4.34. The molecule has 6 heteroatoms. The fraction of sp³-hybridized carbons (Fsp3) is 0.357. The van der Waals surface area contributed by atoms with Gasteiger partial charge in [-0.25, -0.2) is 4.98 Å². The zero-order chi connectivity index (χ0) is 14.5. The monoisotopic (exact) mass is 275 g/mol. The summed E-state index contributed by atoms with van der Waals surface area (Å²) in [5.41, 5.74) is 1.03. The van der Waals surface area contributed by atoms with Crippen molar-refractivity contribution in [1.29, 1.82) is 0 Å². The van der Waals surface area contributed by atoms with Crippen LogP contribution in [0.2, 0.25) is 0 Å². The SMILES string of the molecule is CCCN(CC(=O)OC)C(=O)c1cn2ccccc2n1. The quantitative estimate of drug-likeness (QED) is 0.773. The van der Waals surface area contributed by atoms with E-state index in [4.69, 9.17) is 0 Å². The van der Waals surface area contributed by atoms with Gasteiger partial charge in [0.25, 0.3) is 5.91 Å². The molecule has 2 heterocycles. The summed E-state index contributed by atoms with van der Waals surface area (Å²) in [5, 5.41) is 0. The summed E-state index contributed by atoms with van der Waals surface area (Å²) in [6.45, 7) is 2.38. The molecule has 1 amide bonds.